The summed E-state index contributed by atoms with van der Waals surface area (Å²) in [7, 11) is -2.13. The van der Waals surface area contributed by atoms with Crippen LogP contribution < -0.4 is 4.74 Å². The average molecular weight is 549 g/mol. The van der Waals surface area contributed by atoms with Gasteiger partial charge in [-0.2, -0.15) is 4.31 Å². The van der Waals surface area contributed by atoms with Gasteiger partial charge in [-0.15, -0.1) is 0 Å². The van der Waals surface area contributed by atoms with E-state index in [0.717, 1.165) is 16.3 Å². The number of piperazine rings is 1. The summed E-state index contributed by atoms with van der Waals surface area (Å²) in [5.74, 6) is -4.26. The molecule has 14 heteroatoms. The number of carbonyl (C=O) groups is 2. The summed E-state index contributed by atoms with van der Waals surface area (Å²) in [5.41, 5.74) is 0. The number of esters is 1. The predicted octanol–water partition coefficient (Wildman–Crippen LogP) is 3.04. The zero-order valence-corrected chi connectivity index (χ0v) is 20.9. The zero-order chi connectivity index (χ0) is 26.5. The van der Waals surface area contributed by atoms with Crippen molar-refractivity contribution in [3.63, 3.8) is 0 Å². The molecule has 1 amide bonds. The largest absolute Gasteiger partial charge is 0.468 e. The summed E-state index contributed by atoms with van der Waals surface area (Å²) in [6, 6.07) is 5.36. The minimum absolute atomic E-state index is 0.0419. The molecule has 1 aliphatic heterocycles. The van der Waals surface area contributed by atoms with Crippen molar-refractivity contribution in [2.45, 2.75) is 10.9 Å². The van der Waals surface area contributed by atoms with E-state index in [-0.39, 0.29) is 38.6 Å². The molecule has 1 heterocycles. The number of carbonyl (C=O) groups excluding carboxylic acids is 2. The van der Waals surface area contributed by atoms with Crippen LogP contribution in [0.4, 0.5) is 13.6 Å². The van der Waals surface area contributed by atoms with Crippen molar-refractivity contribution in [2.75, 3.05) is 47.1 Å². The lowest BCUT2D eigenvalue weighted by atomic mass is 10.2. The number of hydrogen-bond acceptors (Lipinski definition) is 8. The van der Waals surface area contributed by atoms with Crippen LogP contribution in [0.15, 0.2) is 41.3 Å². The highest BCUT2D eigenvalue weighted by molar-refractivity contribution is 7.89. The summed E-state index contributed by atoms with van der Waals surface area (Å²) in [5, 5.41) is 0.383. The van der Waals surface area contributed by atoms with E-state index in [9.17, 15) is 26.8 Å². The number of sulfonamides is 1. The Hall–Kier alpha value is -3.00. The lowest BCUT2D eigenvalue weighted by Gasteiger charge is -2.38. The molecule has 1 saturated heterocycles. The lowest BCUT2D eigenvalue weighted by Crippen LogP contribution is -2.59. The van der Waals surface area contributed by atoms with E-state index in [1.807, 2.05) is 0 Å². The highest BCUT2D eigenvalue weighted by Crippen LogP contribution is 2.32. The van der Waals surface area contributed by atoms with Gasteiger partial charge in [0.2, 0.25) is 10.0 Å². The highest BCUT2D eigenvalue weighted by Gasteiger charge is 2.43. The van der Waals surface area contributed by atoms with Crippen LogP contribution in [0.25, 0.3) is 0 Å². The Morgan fingerprint density at radius 1 is 1.06 bits per heavy atom. The molecule has 1 aliphatic rings. The molecule has 0 spiro atoms. The minimum Gasteiger partial charge on any atom is -0.468 e. The van der Waals surface area contributed by atoms with Crippen LogP contribution >= 0.6 is 11.6 Å². The second kappa shape index (κ2) is 11.8. The molecule has 0 N–H and O–H groups in total. The molecule has 2 aromatic carbocycles. The fourth-order valence-electron chi connectivity index (χ4n) is 3.39. The number of rotatable bonds is 8. The van der Waals surface area contributed by atoms with Gasteiger partial charge in [-0.1, -0.05) is 11.6 Å². The first-order valence-electron chi connectivity index (χ1n) is 10.5. The van der Waals surface area contributed by atoms with Gasteiger partial charge >= 0.3 is 12.1 Å². The molecule has 2 aromatic rings. The van der Waals surface area contributed by atoms with Gasteiger partial charge in [0.1, 0.15) is 18.4 Å². The molecule has 3 rings (SSSR count). The SMILES string of the molecule is COCCOC(=O)N1CCN(S(=O)(=O)c2cc(F)c(Oc3ccc(Cl)cc3)c(F)c2)[C@@H](C(=O)OC)C1. The van der Waals surface area contributed by atoms with E-state index in [1.54, 1.807) is 0 Å². The van der Waals surface area contributed by atoms with E-state index >= 15 is 0 Å². The van der Waals surface area contributed by atoms with E-state index in [1.165, 1.54) is 31.4 Å². The van der Waals surface area contributed by atoms with E-state index in [4.69, 9.17) is 30.5 Å². The summed E-state index contributed by atoms with van der Waals surface area (Å²) in [4.78, 5) is 25.0. The number of methoxy groups -OCH3 is 2. The third-order valence-corrected chi connectivity index (χ3v) is 7.33. The van der Waals surface area contributed by atoms with E-state index in [2.05, 4.69) is 0 Å². The summed E-state index contributed by atoms with van der Waals surface area (Å²) in [6.45, 7) is -0.773. The molecule has 0 bridgehead atoms. The van der Waals surface area contributed by atoms with Gasteiger partial charge in [-0.05, 0) is 36.4 Å². The molecule has 10 nitrogen and oxygen atoms in total. The maximum Gasteiger partial charge on any atom is 0.409 e. The van der Waals surface area contributed by atoms with Crippen LogP contribution in [-0.4, -0.2) is 82.8 Å². The normalized spacial score (nSPS) is 16.5. The second-order valence-corrected chi connectivity index (χ2v) is 9.81. The first-order valence-corrected chi connectivity index (χ1v) is 12.3. The topological polar surface area (TPSA) is 112 Å². The number of benzene rings is 2. The third kappa shape index (κ3) is 6.22. The van der Waals surface area contributed by atoms with Crippen LogP contribution in [0.5, 0.6) is 11.5 Å². The van der Waals surface area contributed by atoms with Crippen molar-refractivity contribution in [1.29, 1.82) is 0 Å². The Morgan fingerprint density at radius 2 is 1.69 bits per heavy atom. The van der Waals surface area contributed by atoms with Crippen molar-refractivity contribution in [3.8, 4) is 11.5 Å². The molecular formula is C22H23ClF2N2O8S. The Balaban J connectivity index is 1.85. The Morgan fingerprint density at radius 3 is 2.28 bits per heavy atom. The van der Waals surface area contributed by atoms with Crippen molar-refractivity contribution in [3.05, 3.63) is 53.1 Å². The molecule has 0 saturated carbocycles. The van der Waals surface area contributed by atoms with Crippen LogP contribution in [-0.2, 0) is 29.0 Å². The zero-order valence-electron chi connectivity index (χ0n) is 19.3. The monoisotopic (exact) mass is 548 g/mol. The van der Waals surface area contributed by atoms with E-state index < -0.39 is 50.4 Å². The fourth-order valence-corrected chi connectivity index (χ4v) is 5.10. The standard InChI is InChI=1S/C22H23ClF2N2O8S/c1-32-9-10-34-22(29)26-7-8-27(19(13-26)21(28)33-2)36(30,31)16-11-17(24)20(18(25)12-16)35-15-5-3-14(23)4-6-15/h3-6,11-12,19H,7-10,13H2,1-2H3/t19-/m1/s1. The van der Waals surface area contributed by atoms with Gasteiger partial charge in [0.25, 0.3) is 0 Å². The molecule has 0 unspecified atom stereocenters. The Bertz CT molecular complexity index is 1190. The molecule has 196 valence electrons. The predicted molar refractivity (Wildman–Crippen MR) is 122 cm³/mol. The van der Waals surface area contributed by atoms with Crippen molar-refractivity contribution >= 4 is 33.7 Å². The smallest absolute Gasteiger partial charge is 0.409 e. The van der Waals surface area contributed by atoms with Crippen molar-refractivity contribution in [1.82, 2.24) is 9.21 Å². The summed E-state index contributed by atoms with van der Waals surface area (Å²) in [6.07, 6.45) is -0.779. The van der Waals surface area contributed by atoms with Crippen LogP contribution in [0.2, 0.25) is 5.02 Å². The number of nitrogens with zero attached hydrogens (tertiary/aromatic N) is 2. The number of hydrogen-bond donors (Lipinski definition) is 0. The van der Waals surface area contributed by atoms with E-state index in [0.29, 0.717) is 17.2 Å². The van der Waals surface area contributed by atoms with Gasteiger partial charge in [-0.3, -0.25) is 4.79 Å². The first-order chi connectivity index (χ1) is 17.1. The summed E-state index contributed by atoms with van der Waals surface area (Å²) >= 11 is 5.78. The van der Waals surface area contributed by atoms with Gasteiger partial charge < -0.3 is 23.8 Å². The van der Waals surface area contributed by atoms with Gasteiger partial charge in [-0.25, -0.2) is 22.0 Å². The van der Waals surface area contributed by atoms with Gasteiger partial charge in [0.15, 0.2) is 17.4 Å². The molecule has 0 aliphatic carbocycles. The summed E-state index contributed by atoms with van der Waals surface area (Å²) < 4.78 is 76.6. The Labute approximate surface area is 211 Å². The molecule has 0 aromatic heterocycles. The average Bonchev–Trinajstić information content (AvgIpc) is 2.86. The van der Waals surface area contributed by atoms with Crippen LogP contribution in [0.3, 0.4) is 0 Å². The number of ether oxygens (including phenoxy) is 4. The van der Waals surface area contributed by atoms with Crippen LogP contribution in [0, 0.1) is 11.6 Å². The third-order valence-electron chi connectivity index (χ3n) is 5.19. The maximum atomic E-state index is 14.8. The van der Waals surface area contributed by atoms with Crippen LogP contribution in [0.1, 0.15) is 0 Å². The quantitative estimate of drug-likeness (QED) is 0.365. The molecular weight excluding hydrogens is 526 g/mol. The van der Waals surface area contributed by atoms with Crippen molar-refractivity contribution in [2.24, 2.45) is 0 Å². The molecule has 1 atom stereocenters. The Kier molecular flexibility index (Phi) is 9.06. The van der Waals surface area contributed by atoms with Gasteiger partial charge in [0.05, 0.1) is 25.2 Å². The second-order valence-electron chi connectivity index (χ2n) is 7.48. The first kappa shape index (κ1) is 27.6. The number of amides is 1. The molecule has 36 heavy (non-hydrogen) atoms. The minimum atomic E-state index is -4.60. The highest BCUT2D eigenvalue weighted by atomic mass is 35.5. The van der Waals surface area contributed by atoms with Gasteiger partial charge in [0, 0.05) is 25.2 Å². The fraction of sp³-hybridized carbons (Fsp3) is 0.364. The molecule has 1 fully saturated rings. The van der Waals surface area contributed by atoms with Crippen molar-refractivity contribution < 1.29 is 45.7 Å². The lowest BCUT2D eigenvalue weighted by molar-refractivity contribution is -0.146. The maximum absolute atomic E-state index is 14.8. The number of halogens is 3. The molecule has 0 radical (unpaired) electrons.